The smallest absolute Gasteiger partial charge is 0.416 e. The van der Waals surface area contributed by atoms with Crippen molar-refractivity contribution in [2.75, 3.05) is 32.2 Å². The van der Waals surface area contributed by atoms with Crippen LogP contribution in [0.4, 0.5) is 23.7 Å². The quantitative estimate of drug-likeness (QED) is 0.292. The predicted molar refractivity (Wildman–Crippen MR) is 139 cm³/mol. The zero-order chi connectivity index (χ0) is 28.0. The first kappa shape index (κ1) is 28.9. The topological polar surface area (TPSA) is 94.2 Å². The molecular weight excluding hydrogens is 593 g/mol. The minimum absolute atomic E-state index is 0.00531. The number of carbonyl (C=O) groups is 3. The first-order valence-electron chi connectivity index (χ1n) is 10.8. The van der Waals surface area contributed by atoms with Gasteiger partial charge in [0.2, 0.25) is 5.91 Å². The van der Waals surface area contributed by atoms with E-state index in [4.69, 9.17) is 20.6 Å². The zero-order valence-electron chi connectivity index (χ0n) is 20.0. The third-order valence-corrected chi connectivity index (χ3v) is 6.40. The number of hydrogen-bond acceptors (Lipinski definition) is 7. The van der Waals surface area contributed by atoms with Crippen LogP contribution in [0.25, 0.3) is 6.08 Å². The van der Waals surface area contributed by atoms with E-state index in [9.17, 15) is 27.6 Å². The van der Waals surface area contributed by atoms with Gasteiger partial charge >= 0.3 is 6.18 Å². The summed E-state index contributed by atoms with van der Waals surface area (Å²) in [6, 6.07) is 5.79. The fraction of sp³-hybridized carbons (Fsp3) is 0.240. The lowest BCUT2D eigenvalue weighted by Gasteiger charge is -2.16. The van der Waals surface area contributed by atoms with E-state index < -0.39 is 35.3 Å². The second kappa shape index (κ2) is 12.3. The van der Waals surface area contributed by atoms with Gasteiger partial charge in [0.05, 0.1) is 34.3 Å². The predicted octanol–water partition coefficient (Wildman–Crippen LogP) is 5.56. The van der Waals surface area contributed by atoms with E-state index in [1.165, 1.54) is 13.2 Å². The molecule has 38 heavy (non-hydrogen) atoms. The monoisotopic (exact) mass is 612 g/mol. The molecule has 2 aromatic carbocycles. The fourth-order valence-corrected chi connectivity index (χ4v) is 4.70. The van der Waals surface area contributed by atoms with Crippen LogP contribution in [-0.4, -0.2) is 48.8 Å². The van der Waals surface area contributed by atoms with Crippen molar-refractivity contribution in [3.05, 3.63) is 50.8 Å². The van der Waals surface area contributed by atoms with Crippen LogP contribution in [0.1, 0.15) is 18.1 Å². The van der Waals surface area contributed by atoms with Crippen LogP contribution in [0.5, 0.6) is 17.2 Å². The average Bonchev–Trinajstić information content (AvgIpc) is 3.10. The summed E-state index contributed by atoms with van der Waals surface area (Å²) in [6.45, 7) is 1.39. The van der Waals surface area contributed by atoms with Crippen LogP contribution in [0.2, 0.25) is 0 Å². The van der Waals surface area contributed by atoms with E-state index in [0.29, 0.717) is 50.9 Å². The van der Waals surface area contributed by atoms with Gasteiger partial charge in [-0.3, -0.25) is 19.3 Å². The standard InChI is InChI=1S/C25H20BrF3N2O6S/c1-4-8-37-22-16(26)9-14(10-19(22)36-5-2)11-20-23(33)31(24(34)38-20)13-21(32)30-17-12-15(25(27,28)29)6-7-18(17)35-3/h1,6-7,9-12H,5,8,13H2,2-3H3,(H,30,32)/b20-11-. The van der Waals surface area contributed by atoms with E-state index in [1.807, 2.05) is 0 Å². The molecule has 0 saturated carbocycles. The van der Waals surface area contributed by atoms with Gasteiger partial charge in [0.1, 0.15) is 18.9 Å². The van der Waals surface area contributed by atoms with Gasteiger partial charge in [0, 0.05) is 0 Å². The van der Waals surface area contributed by atoms with Crippen LogP contribution in [0.15, 0.2) is 39.7 Å². The van der Waals surface area contributed by atoms with Crippen molar-refractivity contribution >= 4 is 56.5 Å². The number of nitrogens with zero attached hydrogens (tertiary/aromatic N) is 1. The molecule has 0 radical (unpaired) electrons. The Labute approximate surface area is 228 Å². The first-order valence-corrected chi connectivity index (χ1v) is 12.4. The maximum atomic E-state index is 13.1. The number of thioether (sulfide) groups is 1. The van der Waals surface area contributed by atoms with Crippen LogP contribution in [-0.2, 0) is 15.8 Å². The van der Waals surface area contributed by atoms with Gasteiger partial charge in [-0.2, -0.15) is 13.2 Å². The van der Waals surface area contributed by atoms with E-state index in [1.54, 1.807) is 19.1 Å². The molecule has 0 aromatic heterocycles. The largest absolute Gasteiger partial charge is 0.495 e. The number of methoxy groups -OCH3 is 1. The molecule has 0 unspecified atom stereocenters. The minimum Gasteiger partial charge on any atom is -0.495 e. The molecular formula is C25H20BrF3N2O6S. The summed E-state index contributed by atoms with van der Waals surface area (Å²) in [4.78, 5) is 38.7. The number of imide groups is 1. The van der Waals surface area contributed by atoms with Gasteiger partial charge in [0.25, 0.3) is 11.1 Å². The first-order chi connectivity index (χ1) is 18.0. The van der Waals surface area contributed by atoms with Gasteiger partial charge in [-0.15, -0.1) is 6.42 Å². The molecule has 2 aromatic rings. The number of amides is 3. The number of terminal acetylenes is 1. The lowest BCUT2D eigenvalue weighted by molar-refractivity contribution is -0.137. The van der Waals surface area contributed by atoms with Gasteiger partial charge in [0.15, 0.2) is 11.5 Å². The van der Waals surface area contributed by atoms with E-state index in [2.05, 4.69) is 27.2 Å². The Kier molecular flexibility index (Phi) is 9.35. The SMILES string of the molecule is C#CCOc1c(Br)cc(/C=C2\SC(=O)N(CC(=O)Nc3cc(C(F)(F)F)ccc3OC)C2=O)cc1OCC. The Balaban J connectivity index is 1.79. The number of carbonyl (C=O) groups excluding carboxylic acids is 3. The summed E-state index contributed by atoms with van der Waals surface area (Å²) < 4.78 is 55.8. The van der Waals surface area contributed by atoms with Crippen molar-refractivity contribution in [1.82, 2.24) is 4.90 Å². The highest BCUT2D eigenvalue weighted by molar-refractivity contribution is 9.10. The fourth-order valence-electron chi connectivity index (χ4n) is 3.29. The molecule has 0 atom stereocenters. The molecule has 0 bridgehead atoms. The molecule has 0 spiro atoms. The summed E-state index contributed by atoms with van der Waals surface area (Å²) in [5.74, 6) is 1.44. The third-order valence-electron chi connectivity index (χ3n) is 4.91. The maximum absolute atomic E-state index is 13.1. The van der Waals surface area contributed by atoms with Crippen LogP contribution in [0, 0.1) is 12.3 Å². The van der Waals surface area contributed by atoms with Crippen LogP contribution in [0.3, 0.4) is 0 Å². The van der Waals surface area contributed by atoms with Crippen LogP contribution >= 0.6 is 27.7 Å². The third kappa shape index (κ3) is 6.81. The van der Waals surface area contributed by atoms with Crippen molar-refractivity contribution in [2.24, 2.45) is 0 Å². The van der Waals surface area contributed by atoms with Crippen molar-refractivity contribution in [1.29, 1.82) is 0 Å². The molecule has 1 fully saturated rings. The summed E-state index contributed by atoms with van der Waals surface area (Å²) in [5, 5.41) is 1.55. The molecule has 1 heterocycles. The van der Waals surface area contributed by atoms with Gasteiger partial charge in [-0.05, 0) is 76.6 Å². The number of benzene rings is 2. The second-order valence-electron chi connectivity index (χ2n) is 7.48. The number of rotatable bonds is 9. The number of nitrogens with one attached hydrogen (secondary N) is 1. The minimum atomic E-state index is -4.65. The summed E-state index contributed by atoms with van der Waals surface area (Å²) in [6.07, 6.45) is 2.04. The molecule has 8 nitrogen and oxygen atoms in total. The van der Waals surface area contributed by atoms with Crippen LogP contribution < -0.4 is 19.5 Å². The number of halogens is 4. The molecule has 1 aliphatic heterocycles. The Morgan fingerprint density at radius 3 is 2.58 bits per heavy atom. The van der Waals surface area contributed by atoms with Crippen molar-refractivity contribution < 1.29 is 41.8 Å². The molecule has 200 valence electrons. The van der Waals surface area contributed by atoms with Crippen molar-refractivity contribution in [3.8, 4) is 29.6 Å². The maximum Gasteiger partial charge on any atom is 0.416 e. The molecule has 1 aliphatic rings. The summed E-state index contributed by atoms with van der Waals surface area (Å²) in [7, 11) is 1.22. The van der Waals surface area contributed by atoms with Gasteiger partial charge in [-0.25, -0.2) is 0 Å². The Morgan fingerprint density at radius 1 is 1.21 bits per heavy atom. The summed E-state index contributed by atoms with van der Waals surface area (Å²) in [5.41, 5.74) is -0.761. The highest BCUT2D eigenvalue weighted by Gasteiger charge is 2.37. The average molecular weight is 613 g/mol. The van der Waals surface area contributed by atoms with Gasteiger partial charge in [-0.1, -0.05) is 5.92 Å². The highest BCUT2D eigenvalue weighted by Crippen LogP contribution is 2.39. The van der Waals surface area contributed by atoms with E-state index in [-0.39, 0.29) is 22.9 Å². The summed E-state index contributed by atoms with van der Waals surface area (Å²) >= 11 is 3.99. The number of hydrogen-bond donors (Lipinski definition) is 1. The number of anilines is 1. The molecule has 1 saturated heterocycles. The van der Waals surface area contributed by atoms with Crippen molar-refractivity contribution in [3.63, 3.8) is 0 Å². The second-order valence-corrected chi connectivity index (χ2v) is 9.33. The Bertz CT molecular complexity index is 1340. The zero-order valence-corrected chi connectivity index (χ0v) is 22.4. The molecule has 3 rings (SSSR count). The molecule has 1 N–H and O–H groups in total. The normalized spacial score (nSPS) is 14.4. The van der Waals surface area contributed by atoms with E-state index in [0.717, 1.165) is 12.1 Å². The Hall–Kier alpha value is -3.63. The number of ether oxygens (including phenoxy) is 3. The lowest BCUT2D eigenvalue weighted by Crippen LogP contribution is -2.36. The number of alkyl halides is 3. The lowest BCUT2D eigenvalue weighted by atomic mass is 10.1. The highest BCUT2D eigenvalue weighted by atomic mass is 79.9. The van der Waals surface area contributed by atoms with E-state index >= 15 is 0 Å². The molecule has 3 amide bonds. The van der Waals surface area contributed by atoms with Crippen molar-refractivity contribution in [2.45, 2.75) is 13.1 Å². The molecule has 13 heteroatoms. The Morgan fingerprint density at radius 2 is 1.95 bits per heavy atom. The molecule has 0 aliphatic carbocycles. The van der Waals surface area contributed by atoms with Gasteiger partial charge < -0.3 is 19.5 Å².